The van der Waals surface area contributed by atoms with E-state index in [4.69, 9.17) is 9.47 Å². The van der Waals surface area contributed by atoms with Gasteiger partial charge in [-0.3, -0.25) is 14.5 Å². The maximum absolute atomic E-state index is 13.0. The van der Waals surface area contributed by atoms with Crippen molar-refractivity contribution in [3.05, 3.63) is 53.6 Å². The fourth-order valence-corrected chi connectivity index (χ4v) is 4.39. The van der Waals surface area contributed by atoms with Crippen molar-refractivity contribution in [2.75, 3.05) is 32.6 Å². The van der Waals surface area contributed by atoms with Gasteiger partial charge in [0.05, 0.1) is 20.3 Å². The van der Waals surface area contributed by atoms with E-state index in [0.29, 0.717) is 23.1 Å². The molecule has 2 aromatic rings. The van der Waals surface area contributed by atoms with Crippen LogP contribution in [-0.4, -0.2) is 49.9 Å². The minimum Gasteiger partial charge on any atom is -0.493 e. The summed E-state index contributed by atoms with van der Waals surface area (Å²) in [6, 6.07) is 13.1. The minimum absolute atomic E-state index is 0.0123. The number of likely N-dealkylation sites (tertiary alicyclic amines) is 1. The molecule has 1 atom stereocenters. The molecular weight excluding hydrogens is 416 g/mol. The summed E-state index contributed by atoms with van der Waals surface area (Å²) in [5.74, 6) is 1.94. The van der Waals surface area contributed by atoms with Crippen LogP contribution in [0.3, 0.4) is 0 Å². The second-order valence-electron chi connectivity index (χ2n) is 9.20. The molecule has 1 amide bonds. The second-order valence-corrected chi connectivity index (χ2v) is 9.20. The molecule has 3 rings (SSSR count). The number of nitrogens with zero attached hydrogens (tertiary/aromatic N) is 1. The Kier molecular flexibility index (Phi) is 8.50. The maximum atomic E-state index is 13.0. The smallest absolute Gasteiger partial charge is 0.241 e. The summed E-state index contributed by atoms with van der Waals surface area (Å²) >= 11 is 0. The number of ketones is 1. The first-order valence-electron chi connectivity index (χ1n) is 11.7. The van der Waals surface area contributed by atoms with Crippen LogP contribution >= 0.6 is 0 Å². The number of rotatable bonds is 9. The number of carbonyl (C=O) groups excluding carboxylic acids is 2. The largest absolute Gasteiger partial charge is 0.493 e. The van der Waals surface area contributed by atoms with Gasteiger partial charge >= 0.3 is 0 Å². The molecule has 0 spiro atoms. The topological polar surface area (TPSA) is 67.9 Å². The number of hydrogen-bond acceptors (Lipinski definition) is 5. The molecule has 0 aliphatic carbocycles. The third-order valence-electron chi connectivity index (χ3n) is 6.36. The molecule has 178 valence electrons. The Labute approximate surface area is 197 Å². The summed E-state index contributed by atoms with van der Waals surface area (Å²) in [7, 11) is 3.14. The Hall–Kier alpha value is -2.86. The molecule has 1 aliphatic rings. The van der Waals surface area contributed by atoms with E-state index >= 15 is 0 Å². The first kappa shape index (κ1) is 24.8. The first-order valence-corrected chi connectivity index (χ1v) is 11.7. The van der Waals surface area contributed by atoms with Crippen LogP contribution in [0.1, 0.15) is 49.5 Å². The van der Waals surface area contributed by atoms with E-state index in [9.17, 15) is 9.59 Å². The molecule has 2 aromatic carbocycles. The SMILES string of the molecule is COc1ccc(NC(=O)C(C)N2CCC(C(=O)c3ccc(CC(C)C)cc3)CC2)cc1OC. The average Bonchev–Trinajstić information content (AvgIpc) is 2.83. The molecule has 1 heterocycles. The summed E-state index contributed by atoms with van der Waals surface area (Å²) in [6.45, 7) is 7.75. The molecule has 0 saturated carbocycles. The summed E-state index contributed by atoms with van der Waals surface area (Å²) in [5, 5.41) is 2.96. The van der Waals surface area contributed by atoms with Gasteiger partial charge < -0.3 is 14.8 Å². The van der Waals surface area contributed by atoms with Crippen LogP contribution in [-0.2, 0) is 11.2 Å². The zero-order valence-corrected chi connectivity index (χ0v) is 20.4. The van der Waals surface area contributed by atoms with Crippen LogP contribution < -0.4 is 14.8 Å². The number of amides is 1. The molecule has 1 saturated heterocycles. The molecule has 6 heteroatoms. The van der Waals surface area contributed by atoms with Crippen LogP contribution in [0.25, 0.3) is 0 Å². The zero-order valence-electron chi connectivity index (χ0n) is 20.4. The molecule has 33 heavy (non-hydrogen) atoms. The average molecular weight is 453 g/mol. The highest BCUT2D eigenvalue weighted by atomic mass is 16.5. The van der Waals surface area contributed by atoms with Crippen LogP contribution in [0.4, 0.5) is 5.69 Å². The van der Waals surface area contributed by atoms with Crippen molar-refractivity contribution in [1.29, 1.82) is 0 Å². The van der Waals surface area contributed by atoms with Crippen molar-refractivity contribution < 1.29 is 19.1 Å². The lowest BCUT2D eigenvalue weighted by Gasteiger charge is -2.34. The van der Waals surface area contributed by atoms with Gasteiger partial charge in [-0.2, -0.15) is 0 Å². The lowest BCUT2D eigenvalue weighted by Crippen LogP contribution is -2.47. The van der Waals surface area contributed by atoms with Gasteiger partial charge in [-0.05, 0) is 62.9 Å². The van der Waals surface area contributed by atoms with E-state index in [1.54, 1.807) is 32.4 Å². The van der Waals surface area contributed by atoms with Crippen molar-refractivity contribution in [3.8, 4) is 11.5 Å². The Morgan fingerprint density at radius 2 is 1.61 bits per heavy atom. The molecule has 0 aromatic heterocycles. The third kappa shape index (κ3) is 6.35. The number of Topliss-reactive ketones (excluding diaryl/α,β-unsaturated/α-hetero) is 1. The quantitative estimate of drug-likeness (QED) is 0.552. The maximum Gasteiger partial charge on any atom is 0.241 e. The Morgan fingerprint density at radius 1 is 0.970 bits per heavy atom. The zero-order chi connectivity index (χ0) is 24.0. The third-order valence-corrected chi connectivity index (χ3v) is 6.36. The number of piperidine rings is 1. The highest BCUT2D eigenvalue weighted by molar-refractivity contribution is 5.98. The van der Waals surface area contributed by atoms with Crippen LogP contribution in [0.15, 0.2) is 42.5 Å². The van der Waals surface area contributed by atoms with Crippen molar-refractivity contribution in [2.45, 2.75) is 46.1 Å². The lowest BCUT2D eigenvalue weighted by molar-refractivity contribution is -0.121. The molecule has 0 bridgehead atoms. The summed E-state index contributed by atoms with van der Waals surface area (Å²) in [4.78, 5) is 27.9. The highest BCUT2D eigenvalue weighted by Gasteiger charge is 2.30. The van der Waals surface area contributed by atoms with Gasteiger partial charge in [-0.15, -0.1) is 0 Å². The first-order chi connectivity index (χ1) is 15.8. The van der Waals surface area contributed by atoms with Gasteiger partial charge in [0.1, 0.15) is 0 Å². The molecule has 1 N–H and O–H groups in total. The van der Waals surface area contributed by atoms with E-state index in [2.05, 4.69) is 36.2 Å². The van der Waals surface area contributed by atoms with Crippen molar-refractivity contribution in [2.24, 2.45) is 11.8 Å². The van der Waals surface area contributed by atoms with Crippen LogP contribution in [0.5, 0.6) is 11.5 Å². The number of carbonyl (C=O) groups is 2. The molecule has 1 fully saturated rings. The number of nitrogens with one attached hydrogen (secondary N) is 1. The van der Waals surface area contributed by atoms with Crippen LogP contribution in [0, 0.1) is 11.8 Å². The molecular formula is C27H36N2O4. The number of hydrogen-bond donors (Lipinski definition) is 1. The molecule has 1 unspecified atom stereocenters. The van der Waals surface area contributed by atoms with Crippen molar-refractivity contribution >= 4 is 17.4 Å². The number of methoxy groups -OCH3 is 2. The van der Waals surface area contributed by atoms with Crippen molar-refractivity contribution in [1.82, 2.24) is 4.90 Å². The Balaban J connectivity index is 1.53. The van der Waals surface area contributed by atoms with E-state index in [1.807, 2.05) is 19.1 Å². The fraction of sp³-hybridized carbons (Fsp3) is 0.481. The van der Waals surface area contributed by atoms with E-state index in [1.165, 1.54) is 5.56 Å². The lowest BCUT2D eigenvalue weighted by atomic mass is 9.88. The predicted octanol–water partition coefficient (Wildman–Crippen LogP) is 4.82. The van der Waals surface area contributed by atoms with Gasteiger partial charge in [-0.25, -0.2) is 0 Å². The summed E-state index contributed by atoms with van der Waals surface area (Å²) in [5.41, 5.74) is 2.72. The summed E-state index contributed by atoms with van der Waals surface area (Å²) in [6.07, 6.45) is 2.55. The van der Waals surface area contributed by atoms with Crippen molar-refractivity contribution in [3.63, 3.8) is 0 Å². The van der Waals surface area contributed by atoms with Gasteiger partial charge in [0, 0.05) is 23.2 Å². The number of benzene rings is 2. The number of anilines is 1. The summed E-state index contributed by atoms with van der Waals surface area (Å²) < 4.78 is 10.6. The predicted molar refractivity (Wildman–Crippen MR) is 131 cm³/mol. The molecule has 0 radical (unpaired) electrons. The minimum atomic E-state index is -0.288. The van der Waals surface area contributed by atoms with Crippen LogP contribution in [0.2, 0.25) is 0 Å². The van der Waals surface area contributed by atoms with E-state index in [0.717, 1.165) is 37.9 Å². The monoisotopic (exact) mass is 452 g/mol. The van der Waals surface area contributed by atoms with E-state index in [-0.39, 0.29) is 23.7 Å². The number of ether oxygens (including phenoxy) is 2. The van der Waals surface area contributed by atoms with Gasteiger partial charge in [0.25, 0.3) is 0 Å². The van der Waals surface area contributed by atoms with Gasteiger partial charge in [0.2, 0.25) is 5.91 Å². The Bertz CT molecular complexity index is 947. The normalized spacial score (nSPS) is 15.8. The standard InChI is InChI=1S/C27H36N2O4/c1-18(2)16-20-6-8-21(9-7-20)26(30)22-12-14-29(15-13-22)19(3)27(31)28-23-10-11-24(32-4)25(17-23)33-5/h6-11,17-19,22H,12-16H2,1-5H3,(H,28,31). The van der Waals surface area contributed by atoms with Gasteiger partial charge in [0.15, 0.2) is 17.3 Å². The second kappa shape index (κ2) is 11.3. The molecule has 1 aliphatic heterocycles. The van der Waals surface area contributed by atoms with Gasteiger partial charge in [-0.1, -0.05) is 38.1 Å². The van der Waals surface area contributed by atoms with E-state index < -0.39 is 0 Å². The fourth-order valence-electron chi connectivity index (χ4n) is 4.39. The highest BCUT2D eigenvalue weighted by Crippen LogP contribution is 2.30. The molecule has 6 nitrogen and oxygen atoms in total. The Morgan fingerprint density at radius 3 is 2.18 bits per heavy atom.